The first-order valence-corrected chi connectivity index (χ1v) is 9.94. The molecule has 2 aromatic carbocycles. The van der Waals surface area contributed by atoms with Crippen LogP contribution < -0.4 is 5.32 Å². The first kappa shape index (κ1) is 20.0. The van der Waals surface area contributed by atoms with E-state index < -0.39 is 18.0 Å². The van der Waals surface area contributed by atoms with E-state index in [0.717, 1.165) is 10.6 Å². The molecule has 3 aromatic rings. The lowest BCUT2D eigenvalue weighted by Gasteiger charge is -2.13. The van der Waals surface area contributed by atoms with Crippen molar-refractivity contribution >= 4 is 40.5 Å². The van der Waals surface area contributed by atoms with Gasteiger partial charge in [0, 0.05) is 10.9 Å². The highest BCUT2D eigenvalue weighted by Crippen LogP contribution is 2.24. The molecule has 0 unspecified atom stereocenters. The zero-order valence-electron chi connectivity index (χ0n) is 15.4. The van der Waals surface area contributed by atoms with E-state index in [2.05, 4.69) is 10.3 Å². The first-order chi connectivity index (χ1) is 13.4. The molecule has 0 aliphatic rings. The quantitative estimate of drug-likeness (QED) is 0.583. The Morgan fingerprint density at radius 1 is 1.18 bits per heavy atom. The van der Waals surface area contributed by atoms with E-state index in [1.807, 2.05) is 36.6 Å². The van der Waals surface area contributed by atoms with Gasteiger partial charge in [0.05, 0.1) is 22.8 Å². The second-order valence-corrected chi connectivity index (χ2v) is 7.55. The van der Waals surface area contributed by atoms with Gasteiger partial charge in [-0.1, -0.05) is 53.6 Å². The first-order valence-electron chi connectivity index (χ1n) is 8.68. The van der Waals surface area contributed by atoms with Crippen LogP contribution in [0.1, 0.15) is 18.2 Å². The molecular weight excluding hydrogens is 396 g/mol. The van der Waals surface area contributed by atoms with Crippen molar-refractivity contribution in [1.29, 1.82) is 0 Å². The topological polar surface area (TPSA) is 68.3 Å². The Morgan fingerprint density at radius 3 is 2.61 bits per heavy atom. The molecule has 0 radical (unpaired) electrons. The number of amides is 1. The molecule has 0 spiro atoms. The van der Waals surface area contributed by atoms with Gasteiger partial charge in [0.25, 0.3) is 5.91 Å². The third kappa shape index (κ3) is 5.18. The van der Waals surface area contributed by atoms with E-state index in [9.17, 15) is 9.59 Å². The number of nitrogens with one attached hydrogen (secondary N) is 1. The fourth-order valence-electron chi connectivity index (χ4n) is 2.45. The highest BCUT2D eigenvalue weighted by molar-refractivity contribution is 7.13. The number of aryl methyl sites for hydroxylation is 1. The lowest BCUT2D eigenvalue weighted by Crippen LogP contribution is -2.30. The van der Waals surface area contributed by atoms with Gasteiger partial charge in [-0.2, -0.15) is 0 Å². The highest BCUT2D eigenvalue weighted by Gasteiger charge is 2.19. The summed E-state index contributed by atoms with van der Waals surface area (Å²) >= 11 is 7.48. The van der Waals surface area contributed by atoms with Crippen LogP contribution in [-0.2, 0) is 20.7 Å². The number of thiazole rings is 1. The number of para-hydroxylation sites is 1. The average molecular weight is 415 g/mol. The van der Waals surface area contributed by atoms with Gasteiger partial charge in [-0.25, -0.2) is 4.98 Å². The standard InChI is InChI=1S/C21H19ClN2O3S/c1-13-7-9-15(10-8-13)21-23-16(12-28-21)11-19(25)27-14(2)20(26)24-18-6-4-3-5-17(18)22/h3-10,12,14H,11H2,1-2H3,(H,24,26)/t14-/m0/s1. The van der Waals surface area contributed by atoms with Crippen molar-refractivity contribution in [3.63, 3.8) is 0 Å². The monoisotopic (exact) mass is 414 g/mol. The normalized spacial score (nSPS) is 11.7. The molecule has 0 aliphatic heterocycles. The van der Waals surface area contributed by atoms with Gasteiger partial charge in [-0.3, -0.25) is 9.59 Å². The summed E-state index contributed by atoms with van der Waals surface area (Å²) < 4.78 is 5.23. The largest absolute Gasteiger partial charge is 0.452 e. The molecule has 1 aromatic heterocycles. The number of hydrogen-bond acceptors (Lipinski definition) is 5. The van der Waals surface area contributed by atoms with Crippen LogP contribution in [0.5, 0.6) is 0 Å². The van der Waals surface area contributed by atoms with Crippen LogP contribution >= 0.6 is 22.9 Å². The molecule has 0 saturated carbocycles. The van der Waals surface area contributed by atoms with Crippen LogP contribution in [0.4, 0.5) is 5.69 Å². The van der Waals surface area contributed by atoms with Crippen molar-refractivity contribution < 1.29 is 14.3 Å². The average Bonchev–Trinajstić information content (AvgIpc) is 3.12. The van der Waals surface area contributed by atoms with Crippen LogP contribution in [0.15, 0.2) is 53.9 Å². The number of rotatable bonds is 6. The van der Waals surface area contributed by atoms with Crippen molar-refractivity contribution in [3.8, 4) is 10.6 Å². The van der Waals surface area contributed by atoms with Gasteiger partial charge in [-0.15, -0.1) is 11.3 Å². The number of nitrogens with zero attached hydrogens (tertiary/aromatic N) is 1. The molecule has 144 valence electrons. The summed E-state index contributed by atoms with van der Waals surface area (Å²) in [6, 6.07) is 14.9. The summed E-state index contributed by atoms with van der Waals surface area (Å²) in [5, 5.41) is 5.73. The number of ether oxygens (including phenoxy) is 1. The van der Waals surface area contributed by atoms with E-state index in [4.69, 9.17) is 16.3 Å². The van der Waals surface area contributed by atoms with Gasteiger partial charge in [0.1, 0.15) is 5.01 Å². The molecule has 1 atom stereocenters. The number of esters is 1. The molecule has 0 fully saturated rings. The molecule has 0 saturated heterocycles. The minimum atomic E-state index is -0.945. The molecule has 1 N–H and O–H groups in total. The Balaban J connectivity index is 1.56. The summed E-state index contributed by atoms with van der Waals surface area (Å²) in [5.41, 5.74) is 3.26. The molecule has 0 aliphatic carbocycles. The zero-order chi connectivity index (χ0) is 20.1. The maximum atomic E-state index is 12.2. The number of aromatic nitrogens is 1. The highest BCUT2D eigenvalue weighted by atomic mass is 35.5. The number of halogens is 1. The third-order valence-electron chi connectivity index (χ3n) is 3.98. The third-order valence-corrected chi connectivity index (χ3v) is 5.25. The second kappa shape index (κ2) is 8.99. The predicted octanol–water partition coefficient (Wildman–Crippen LogP) is 4.88. The van der Waals surface area contributed by atoms with Gasteiger partial charge < -0.3 is 10.1 Å². The number of carbonyl (C=O) groups excluding carboxylic acids is 2. The molecule has 1 amide bonds. The Bertz CT molecular complexity index is 985. The second-order valence-electron chi connectivity index (χ2n) is 6.29. The fraction of sp³-hybridized carbons (Fsp3) is 0.190. The van der Waals surface area contributed by atoms with Crippen LogP contribution in [0.25, 0.3) is 10.6 Å². The van der Waals surface area contributed by atoms with Crippen molar-refractivity contribution in [3.05, 3.63) is 70.2 Å². The van der Waals surface area contributed by atoms with Crippen LogP contribution in [0, 0.1) is 6.92 Å². The number of hydrogen-bond donors (Lipinski definition) is 1. The minimum Gasteiger partial charge on any atom is -0.452 e. The Morgan fingerprint density at radius 2 is 1.89 bits per heavy atom. The van der Waals surface area contributed by atoms with Gasteiger partial charge >= 0.3 is 5.97 Å². The van der Waals surface area contributed by atoms with Gasteiger partial charge in [0.2, 0.25) is 0 Å². The van der Waals surface area contributed by atoms with Crippen LogP contribution in [0.3, 0.4) is 0 Å². The van der Waals surface area contributed by atoms with Crippen LogP contribution in [-0.4, -0.2) is 23.0 Å². The lowest BCUT2D eigenvalue weighted by molar-refractivity contribution is -0.152. The summed E-state index contributed by atoms with van der Waals surface area (Å²) in [6.45, 7) is 3.54. The number of carbonyl (C=O) groups is 2. The SMILES string of the molecule is Cc1ccc(-c2nc(CC(=O)O[C@@H](C)C(=O)Nc3ccccc3Cl)cs2)cc1. The van der Waals surface area contributed by atoms with Crippen molar-refractivity contribution in [2.24, 2.45) is 0 Å². The van der Waals surface area contributed by atoms with Gasteiger partial charge in [0.15, 0.2) is 6.10 Å². The molecule has 0 bridgehead atoms. The van der Waals surface area contributed by atoms with E-state index in [1.165, 1.54) is 23.8 Å². The van der Waals surface area contributed by atoms with E-state index in [-0.39, 0.29) is 6.42 Å². The van der Waals surface area contributed by atoms with Crippen LogP contribution in [0.2, 0.25) is 5.02 Å². The lowest BCUT2D eigenvalue weighted by atomic mass is 10.2. The summed E-state index contributed by atoms with van der Waals surface area (Å²) in [4.78, 5) is 28.9. The zero-order valence-corrected chi connectivity index (χ0v) is 17.0. The molecule has 28 heavy (non-hydrogen) atoms. The summed E-state index contributed by atoms with van der Waals surface area (Å²) in [7, 11) is 0. The maximum absolute atomic E-state index is 12.2. The number of anilines is 1. The smallest absolute Gasteiger partial charge is 0.312 e. The van der Waals surface area contributed by atoms with E-state index in [0.29, 0.717) is 16.4 Å². The summed E-state index contributed by atoms with van der Waals surface area (Å²) in [6.07, 6.45) is -0.939. The Kier molecular flexibility index (Phi) is 6.44. The Hall–Kier alpha value is -2.70. The minimum absolute atomic E-state index is 0.00603. The van der Waals surface area contributed by atoms with Crippen molar-refractivity contribution in [2.45, 2.75) is 26.4 Å². The van der Waals surface area contributed by atoms with Crippen molar-refractivity contribution in [1.82, 2.24) is 4.98 Å². The summed E-state index contributed by atoms with van der Waals surface area (Å²) in [5.74, 6) is -0.956. The predicted molar refractivity (Wildman–Crippen MR) is 112 cm³/mol. The molecule has 3 rings (SSSR count). The van der Waals surface area contributed by atoms with E-state index >= 15 is 0 Å². The van der Waals surface area contributed by atoms with Gasteiger partial charge in [-0.05, 0) is 26.0 Å². The fourth-order valence-corrected chi connectivity index (χ4v) is 3.46. The number of benzene rings is 2. The van der Waals surface area contributed by atoms with E-state index in [1.54, 1.807) is 24.3 Å². The molecular formula is C21H19ClN2O3S. The maximum Gasteiger partial charge on any atom is 0.312 e. The molecule has 7 heteroatoms. The molecule has 1 heterocycles. The van der Waals surface area contributed by atoms with Crippen molar-refractivity contribution in [2.75, 3.05) is 5.32 Å². The molecule has 5 nitrogen and oxygen atoms in total. The Labute approximate surface area is 172 Å².